The highest BCUT2D eigenvalue weighted by Crippen LogP contribution is 2.19. The van der Waals surface area contributed by atoms with Crippen molar-refractivity contribution >= 4 is 10.0 Å². The molecule has 2 heterocycles. The van der Waals surface area contributed by atoms with Crippen molar-refractivity contribution in [3.63, 3.8) is 0 Å². The molecule has 0 aromatic carbocycles. The highest BCUT2D eigenvalue weighted by molar-refractivity contribution is 7.89. The number of sulfonamides is 1. The SMILES string of the molecule is CCn1cnc(S(=O)(=O)N2CC(O)C2)c1. The number of aryl methyl sites for hydroxylation is 1. The van der Waals surface area contributed by atoms with Crippen LogP contribution in [0.25, 0.3) is 0 Å². The van der Waals surface area contributed by atoms with E-state index >= 15 is 0 Å². The fourth-order valence-corrected chi connectivity index (χ4v) is 2.84. The molecule has 0 bridgehead atoms. The summed E-state index contributed by atoms with van der Waals surface area (Å²) < 4.78 is 26.6. The molecule has 1 fully saturated rings. The van der Waals surface area contributed by atoms with Crippen LogP contribution in [0.4, 0.5) is 0 Å². The van der Waals surface area contributed by atoms with E-state index < -0.39 is 16.1 Å². The Labute approximate surface area is 88.2 Å². The fraction of sp³-hybridized carbons (Fsp3) is 0.625. The Bertz CT molecular complexity index is 447. The second-order valence-corrected chi connectivity index (χ2v) is 5.40. The van der Waals surface area contributed by atoms with Gasteiger partial charge < -0.3 is 9.67 Å². The molecular weight excluding hydrogens is 218 g/mol. The molecule has 0 unspecified atom stereocenters. The van der Waals surface area contributed by atoms with Gasteiger partial charge in [-0.05, 0) is 6.92 Å². The van der Waals surface area contributed by atoms with Crippen molar-refractivity contribution < 1.29 is 13.5 Å². The van der Waals surface area contributed by atoms with Crippen molar-refractivity contribution in [2.45, 2.75) is 24.6 Å². The highest BCUT2D eigenvalue weighted by atomic mass is 32.2. The Hall–Kier alpha value is -0.920. The summed E-state index contributed by atoms with van der Waals surface area (Å²) in [5.74, 6) is 0. The molecule has 2 rings (SSSR count). The molecule has 0 spiro atoms. The fourth-order valence-electron chi connectivity index (χ4n) is 1.39. The molecule has 1 aliphatic heterocycles. The van der Waals surface area contributed by atoms with Crippen LogP contribution in [0.15, 0.2) is 17.6 Å². The number of aromatic nitrogens is 2. The molecular formula is C8H13N3O3S. The number of nitrogens with zero attached hydrogens (tertiary/aromatic N) is 3. The van der Waals surface area contributed by atoms with Gasteiger partial charge in [0.25, 0.3) is 10.0 Å². The first-order chi connectivity index (χ1) is 7.04. The number of hydrogen-bond donors (Lipinski definition) is 1. The molecule has 84 valence electrons. The van der Waals surface area contributed by atoms with Crippen LogP contribution < -0.4 is 0 Å². The second-order valence-electron chi connectivity index (χ2n) is 3.52. The average Bonchev–Trinajstić information content (AvgIpc) is 2.61. The molecule has 0 aliphatic carbocycles. The Balaban J connectivity index is 2.22. The zero-order chi connectivity index (χ0) is 11.1. The summed E-state index contributed by atoms with van der Waals surface area (Å²) in [5.41, 5.74) is 0. The number of β-amino-alcohol motifs (C(OH)–C–C–N with tert-alkyl or cyclic N) is 1. The largest absolute Gasteiger partial charge is 0.390 e. The average molecular weight is 231 g/mol. The summed E-state index contributed by atoms with van der Waals surface area (Å²) in [6, 6.07) is 0. The lowest BCUT2D eigenvalue weighted by Gasteiger charge is -2.33. The van der Waals surface area contributed by atoms with Crippen LogP contribution in [0, 0.1) is 0 Å². The van der Waals surface area contributed by atoms with Gasteiger partial charge in [-0.15, -0.1) is 0 Å². The first-order valence-corrected chi connectivity index (χ1v) is 6.18. The second kappa shape index (κ2) is 3.58. The lowest BCUT2D eigenvalue weighted by atomic mass is 10.2. The molecule has 1 N–H and O–H groups in total. The predicted octanol–water partition coefficient (Wildman–Crippen LogP) is -0.732. The third-order valence-corrected chi connectivity index (χ3v) is 4.13. The molecule has 0 saturated carbocycles. The molecule has 1 aliphatic rings. The van der Waals surface area contributed by atoms with Gasteiger partial charge in [0.2, 0.25) is 0 Å². The highest BCUT2D eigenvalue weighted by Gasteiger charge is 2.36. The normalized spacial score (nSPS) is 19.1. The van der Waals surface area contributed by atoms with Gasteiger partial charge in [0.1, 0.15) is 0 Å². The molecule has 15 heavy (non-hydrogen) atoms. The van der Waals surface area contributed by atoms with E-state index in [1.54, 1.807) is 4.57 Å². The predicted molar refractivity (Wildman–Crippen MR) is 52.7 cm³/mol. The van der Waals surface area contributed by atoms with Crippen LogP contribution in [0.3, 0.4) is 0 Å². The quantitative estimate of drug-likeness (QED) is 0.744. The zero-order valence-electron chi connectivity index (χ0n) is 8.37. The number of imidazole rings is 1. The van der Waals surface area contributed by atoms with Crippen LogP contribution in [0.2, 0.25) is 0 Å². The van der Waals surface area contributed by atoms with Gasteiger partial charge in [-0.1, -0.05) is 0 Å². The minimum Gasteiger partial charge on any atom is -0.390 e. The van der Waals surface area contributed by atoms with E-state index in [1.165, 1.54) is 16.8 Å². The maximum absolute atomic E-state index is 11.8. The van der Waals surface area contributed by atoms with E-state index in [0.717, 1.165) is 0 Å². The molecule has 1 aromatic heterocycles. The smallest absolute Gasteiger partial charge is 0.262 e. The lowest BCUT2D eigenvalue weighted by molar-refractivity contribution is 0.0546. The molecule has 7 heteroatoms. The molecule has 0 amide bonds. The topological polar surface area (TPSA) is 75.4 Å². The summed E-state index contributed by atoms with van der Waals surface area (Å²) in [7, 11) is -3.48. The van der Waals surface area contributed by atoms with Gasteiger partial charge >= 0.3 is 0 Å². The molecule has 1 aromatic rings. The number of aliphatic hydroxyl groups is 1. The van der Waals surface area contributed by atoms with Crippen molar-refractivity contribution in [3.05, 3.63) is 12.5 Å². The Morgan fingerprint density at radius 2 is 2.27 bits per heavy atom. The Morgan fingerprint density at radius 1 is 1.60 bits per heavy atom. The standard InChI is InChI=1S/C8H13N3O3S/c1-2-10-5-8(9-6-10)15(13,14)11-3-7(12)4-11/h5-7,12H,2-4H2,1H3. The van der Waals surface area contributed by atoms with Crippen molar-refractivity contribution in [1.29, 1.82) is 0 Å². The van der Waals surface area contributed by atoms with Gasteiger partial charge in [0.15, 0.2) is 5.03 Å². The van der Waals surface area contributed by atoms with Crippen molar-refractivity contribution in [2.75, 3.05) is 13.1 Å². The third-order valence-electron chi connectivity index (χ3n) is 2.41. The summed E-state index contributed by atoms with van der Waals surface area (Å²) in [5, 5.41) is 9.10. The van der Waals surface area contributed by atoms with E-state index in [2.05, 4.69) is 4.98 Å². The summed E-state index contributed by atoms with van der Waals surface area (Å²) in [6.45, 7) is 2.93. The summed E-state index contributed by atoms with van der Waals surface area (Å²) in [6.07, 6.45) is 2.45. The summed E-state index contributed by atoms with van der Waals surface area (Å²) >= 11 is 0. The number of aliphatic hydroxyl groups excluding tert-OH is 1. The Kier molecular flexibility index (Phi) is 2.53. The number of rotatable bonds is 3. The molecule has 0 atom stereocenters. The first kappa shape index (κ1) is 10.6. The first-order valence-electron chi connectivity index (χ1n) is 4.74. The maximum atomic E-state index is 11.8. The van der Waals surface area contributed by atoms with Gasteiger partial charge in [-0.25, -0.2) is 13.4 Å². The monoisotopic (exact) mass is 231 g/mol. The van der Waals surface area contributed by atoms with Gasteiger partial charge in [0, 0.05) is 25.8 Å². The van der Waals surface area contributed by atoms with Gasteiger partial charge in [0.05, 0.1) is 12.4 Å². The van der Waals surface area contributed by atoms with Crippen LogP contribution >= 0.6 is 0 Å². The van der Waals surface area contributed by atoms with E-state index in [0.29, 0.717) is 6.54 Å². The van der Waals surface area contributed by atoms with Crippen LogP contribution in [0.5, 0.6) is 0 Å². The number of hydrogen-bond acceptors (Lipinski definition) is 4. The van der Waals surface area contributed by atoms with E-state index in [1.807, 2.05) is 6.92 Å². The van der Waals surface area contributed by atoms with E-state index in [4.69, 9.17) is 5.11 Å². The van der Waals surface area contributed by atoms with Crippen molar-refractivity contribution in [2.24, 2.45) is 0 Å². The maximum Gasteiger partial charge on any atom is 0.262 e. The molecule has 1 saturated heterocycles. The summed E-state index contributed by atoms with van der Waals surface area (Å²) in [4.78, 5) is 3.84. The minimum atomic E-state index is -3.48. The van der Waals surface area contributed by atoms with Crippen molar-refractivity contribution in [3.8, 4) is 0 Å². The molecule has 0 radical (unpaired) electrons. The van der Waals surface area contributed by atoms with Gasteiger partial charge in [-0.2, -0.15) is 4.31 Å². The minimum absolute atomic E-state index is 0.0521. The van der Waals surface area contributed by atoms with Crippen LogP contribution in [-0.2, 0) is 16.6 Å². The van der Waals surface area contributed by atoms with Crippen LogP contribution in [0.1, 0.15) is 6.92 Å². The van der Waals surface area contributed by atoms with Gasteiger partial charge in [-0.3, -0.25) is 0 Å². The van der Waals surface area contributed by atoms with E-state index in [-0.39, 0.29) is 18.1 Å². The van der Waals surface area contributed by atoms with Crippen LogP contribution in [-0.4, -0.2) is 46.6 Å². The molecule has 6 nitrogen and oxygen atoms in total. The Morgan fingerprint density at radius 3 is 2.73 bits per heavy atom. The van der Waals surface area contributed by atoms with E-state index in [9.17, 15) is 8.42 Å². The van der Waals surface area contributed by atoms with Crippen molar-refractivity contribution in [1.82, 2.24) is 13.9 Å². The lowest BCUT2D eigenvalue weighted by Crippen LogP contribution is -2.53. The third kappa shape index (κ3) is 1.77. The zero-order valence-corrected chi connectivity index (χ0v) is 9.18.